The zero-order valence-corrected chi connectivity index (χ0v) is 11.4. The lowest BCUT2D eigenvalue weighted by atomic mass is 9.87. The molecule has 0 aliphatic carbocycles. The number of hydrogen-bond acceptors (Lipinski definition) is 3. The minimum absolute atomic E-state index is 0.0603. The molecule has 0 aromatic carbocycles. The van der Waals surface area contributed by atoms with Gasteiger partial charge in [0.2, 0.25) is 0 Å². The van der Waals surface area contributed by atoms with Gasteiger partial charge in [-0.3, -0.25) is 0 Å². The molecular weight excluding hydrogens is 200 g/mol. The number of likely N-dealkylation sites (tertiary alicyclic amines) is 1. The average Bonchev–Trinajstić information content (AvgIpc) is 2.29. The summed E-state index contributed by atoms with van der Waals surface area (Å²) in [6.07, 6.45) is 3.63. The summed E-state index contributed by atoms with van der Waals surface area (Å²) in [6, 6.07) is 0.663. The van der Waals surface area contributed by atoms with Gasteiger partial charge in [0.15, 0.2) is 0 Å². The fourth-order valence-electron chi connectivity index (χ4n) is 2.50. The Morgan fingerprint density at radius 2 is 2.19 bits per heavy atom. The van der Waals surface area contributed by atoms with E-state index in [1.807, 2.05) is 0 Å². The molecule has 0 bridgehead atoms. The second-order valence-corrected chi connectivity index (χ2v) is 5.80. The van der Waals surface area contributed by atoms with E-state index in [0.29, 0.717) is 6.04 Å². The number of aliphatic hydroxyl groups is 1. The van der Waals surface area contributed by atoms with Crippen molar-refractivity contribution in [3.63, 3.8) is 0 Å². The highest BCUT2D eigenvalue weighted by Gasteiger charge is 2.28. The average molecular weight is 228 g/mol. The zero-order chi connectivity index (χ0) is 12.2. The van der Waals surface area contributed by atoms with E-state index in [2.05, 4.69) is 37.7 Å². The molecule has 1 fully saturated rings. The van der Waals surface area contributed by atoms with Crippen LogP contribution in [0, 0.1) is 5.41 Å². The van der Waals surface area contributed by atoms with E-state index in [1.165, 1.54) is 25.9 Å². The fourth-order valence-corrected chi connectivity index (χ4v) is 2.50. The third-order valence-corrected chi connectivity index (χ3v) is 4.09. The molecule has 3 heteroatoms. The molecule has 1 saturated heterocycles. The SMILES string of the molecule is CCC(C)(CO)CN(C)C1CCCN(C)C1. The van der Waals surface area contributed by atoms with Crippen LogP contribution >= 0.6 is 0 Å². The molecule has 3 nitrogen and oxygen atoms in total. The van der Waals surface area contributed by atoms with Gasteiger partial charge < -0.3 is 14.9 Å². The van der Waals surface area contributed by atoms with Crippen molar-refractivity contribution in [2.75, 3.05) is 40.3 Å². The maximum atomic E-state index is 9.45. The highest BCUT2D eigenvalue weighted by molar-refractivity contribution is 4.82. The van der Waals surface area contributed by atoms with E-state index >= 15 is 0 Å². The van der Waals surface area contributed by atoms with Gasteiger partial charge in [0.1, 0.15) is 0 Å². The second kappa shape index (κ2) is 5.99. The van der Waals surface area contributed by atoms with E-state index in [9.17, 15) is 5.11 Å². The molecular formula is C13H28N2O. The van der Waals surface area contributed by atoms with Crippen LogP contribution in [0.1, 0.15) is 33.1 Å². The first-order valence-corrected chi connectivity index (χ1v) is 6.50. The molecule has 0 aromatic heterocycles. The van der Waals surface area contributed by atoms with Gasteiger partial charge in [-0.1, -0.05) is 13.8 Å². The molecule has 2 unspecified atom stereocenters. The number of rotatable bonds is 5. The molecule has 2 atom stereocenters. The van der Waals surface area contributed by atoms with Crippen molar-refractivity contribution in [2.24, 2.45) is 5.41 Å². The molecule has 0 saturated carbocycles. The summed E-state index contributed by atoms with van der Waals surface area (Å²) in [5.74, 6) is 0. The Bertz CT molecular complexity index is 204. The summed E-state index contributed by atoms with van der Waals surface area (Å²) < 4.78 is 0. The molecule has 1 aliphatic heterocycles. The van der Waals surface area contributed by atoms with Crippen LogP contribution < -0.4 is 0 Å². The number of hydrogen-bond donors (Lipinski definition) is 1. The van der Waals surface area contributed by atoms with Crippen LogP contribution in [0.2, 0.25) is 0 Å². The van der Waals surface area contributed by atoms with Gasteiger partial charge in [-0.05, 0) is 39.9 Å². The second-order valence-electron chi connectivity index (χ2n) is 5.80. The van der Waals surface area contributed by atoms with E-state index in [1.54, 1.807) is 0 Å². The Labute approximate surface area is 100 Å². The molecule has 0 spiro atoms. The largest absolute Gasteiger partial charge is 0.396 e. The van der Waals surface area contributed by atoms with Crippen molar-refractivity contribution in [3.8, 4) is 0 Å². The first-order valence-electron chi connectivity index (χ1n) is 6.50. The lowest BCUT2D eigenvalue weighted by Gasteiger charge is -2.40. The molecule has 0 aromatic rings. The molecule has 0 amide bonds. The van der Waals surface area contributed by atoms with Gasteiger partial charge in [0.05, 0.1) is 0 Å². The molecule has 0 radical (unpaired) electrons. The number of piperidine rings is 1. The van der Waals surface area contributed by atoms with Crippen LogP contribution in [-0.2, 0) is 0 Å². The lowest BCUT2D eigenvalue weighted by molar-refractivity contribution is 0.0555. The Kier molecular flexibility index (Phi) is 5.22. The summed E-state index contributed by atoms with van der Waals surface area (Å²) >= 11 is 0. The van der Waals surface area contributed by atoms with Gasteiger partial charge in [-0.2, -0.15) is 0 Å². The molecule has 1 rings (SSSR count). The van der Waals surface area contributed by atoms with Gasteiger partial charge in [0.25, 0.3) is 0 Å². The smallest absolute Gasteiger partial charge is 0.0496 e. The Morgan fingerprint density at radius 1 is 1.50 bits per heavy atom. The summed E-state index contributed by atoms with van der Waals surface area (Å²) in [7, 11) is 4.40. The van der Waals surface area contributed by atoms with Crippen LogP contribution in [0.4, 0.5) is 0 Å². The maximum Gasteiger partial charge on any atom is 0.0496 e. The predicted molar refractivity (Wildman–Crippen MR) is 68.6 cm³/mol. The third kappa shape index (κ3) is 3.72. The monoisotopic (exact) mass is 228 g/mol. The summed E-state index contributed by atoms with van der Waals surface area (Å²) in [5.41, 5.74) is 0.0603. The molecule has 1 aliphatic rings. The number of aliphatic hydroxyl groups excluding tert-OH is 1. The van der Waals surface area contributed by atoms with E-state index in [4.69, 9.17) is 0 Å². The van der Waals surface area contributed by atoms with Crippen LogP contribution in [0.5, 0.6) is 0 Å². The topological polar surface area (TPSA) is 26.7 Å². The van der Waals surface area contributed by atoms with Crippen molar-refractivity contribution in [1.29, 1.82) is 0 Å². The van der Waals surface area contributed by atoms with Gasteiger partial charge in [-0.25, -0.2) is 0 Å². The summed E-state index contributed by atoms with van der Waals surface area (Å²) in [5, 5.41) is 9.45. The highest BCUT2D eigenvalue weighted by Crippen LogP contribution is 2.24. The first-order chi connectivity index (χ1) is 7.50. The molecule has 96 valence electrons. The van der Waals surface area contributed by atoms with Crippen molar-refractivity contribution in [3.05, 3.63) is 0 Å². The van der Waals surface area contributed by atoms with Crippen LogP contribution in [0.3, 0.4) is 0 Å². The molecule has 1 N–H and O–H groups in total. The molecule has 16 heavy (non-hydrogen) atoms. The predicted octanol–water partition coefficient (Wildman–Crippen LogP) is 1.42. The van der Waals surface area contributed by atoms with Crippen LogP contribution in [0.15, 0.2) is 0 Å². The minimum atomic E-state index is 0.0603. The van der Waals surface area contributed by atoms with Crippen LogP contribution in [-0.4, -0.2) is 61.3 Å². The van der Waals surface area contributed by atoms with E-state index in [0.717, 1.165) is 13.0 Å². The lowest BCUT2D eigenvalue weighted by Crippen LogP contribution is -2.48. The number of likely N-dealkylation sites (N-methyl/N-ethyl adjacent to an activating group) is 2. The van der Waals surface area contributed by atoms with E-state index in [-0.39, 0.29) is 12.0 Å². The van der Waals surface area contributed by atoms with Gasteiger partial charge in [-0.15, -0.1) is 0 Å². The Morgan fingerprint density at radius 3 is 2.69 bits per heavy atom. The van der Waals surface area contributed by atoms with Crippen molar-refractivity contribution in [2.45, 2.75) is 39.2 Å². The number of nitrogens with zero attached hydrogens (tertiary/aromatic N) is 2. The van der Waals surface area contributed by atoms with Crippen molar-refractivity contribution >= 4 is 0 Å². The maximum absolute atomic E-state index is 9.45. The Balaban J connectivity index is 2.47. The normalized spacial score (nSPS) is 27.0. The first kappa shape index (κ1) is 13.9. The third-order valence-electron chi connectivity index (χ3n) is 4.09. The molecule has 1 heterocycles. The fraction of sp³-hybridized carbons (Fsp3) is 1.00. The standard InChI is InChI=1S/C13H28N2O/c1-5-13(2,11-16)10-15(4)12-7-6-8-14(3)9-12/h12,16H,5-11H2,1-4H3. The van der Waals surface area contributed by atoms with Crippen molar-refractivity contribution in [1.82, 2.24) is 9.80 Å². The van der Waals surface area contributed by atoms with Crippen molar-refractivity contribution < 1.29 is 5.11 Å². The minimum Gasteiger partial charge on any atom is -0.396 e. The zero-order valence-electron chi connectivity index (χ0n) is 11.4. The van der Waals surface area contributed by atoms with E-state index < -0.39 is 0 Å². The summed E-state index contributed by atoms with van der Waals surface area (Å²) in [4.78, 5) is 4.85. The highest BCUT2D eigenvalue weighted by atomic mass is 16.3. The van der Waals surface area contributed by atoms with Crippen LogP contribution in [0.25, 0.3) is 0 Å². The van der Waals surface area contributed by atoms with Gasteiger partial charge in [0, 0.05) is 31.2 Å². The summed E-state index contributed by atoms with van der Waals surface area (Å²) in [6.45, 7) is 8.03. The van der Waals surface area contributed by atoms with Gasteiger partial charge >= 0.3 is 0 Å². The Hall–Kier alpha value is -0.120. The quantitative estimate of drug-likeness (QED) is 0.771.